The predicted molar refractivity (Wildman–Crippen MR) is 82.6 cm³/mol. The number of halogens is 2. The molecule has 1 unspecified atom stereocenters. The first-order valence-corrected chi connectivity index (χ1v) is 7.35. The van der Waals surface area contributed by atoms with Gasteiger partial charge in [-0.25, -0.2) is 4.39 Å². The second kappa shape index (κ2) is 7.02. The van der Waals surface area contributed by atoms with Crippen molar-refractivity contribution in [2.24, 2.45) is 5.84 Å². The second-order valence-electron chi connectivity index (χ2n) is 5.06. The van der Waals surface area contributed by atoms with Crippen LogP contribution in [0.2, 0.25) is 5.02 Å². The molecule has 0 spiro atoms. The average Bonchev–Trinajstić information content (AvgIpc) is 2.74. The van der Waals surface area contributed by atoms with Gasteiger partial charge in [0.1, 0.15) is 5.82 Å². The maximum absolute atomic E-state index is 13.2. The normalized spacial score (nSPS) is 12.6. The smallest absolute Gasteiger partial charge is 0.123 e. The first-order valence-electron chi connectivity index (χ1n) is 6.97. The van der Waals surface area contributed by atoms with Crippen LogP contribution in [0.5, 0.6) is 0 Å². The SMILES string of the molecule is CCn1nc(C)c(Cl)c1CC(Cc1cccc(F)c1)NN. The molecule has 0 amide bonds. The van der Waals surface area contributed by atoms with E-state index in [2.05, 4.69) is 10.5 Å². The molecular formula is C15H20ClFN4. The van der Waals surface area contributed by atoms with Crippen LogP contribution in [0.1, 0.15) is 23.9 Å². The monoisotopic (exact) mass is 310 g/mol. The van der Waals surface area contributed by atoms with Gasteiger partial charge in [-0.3, -0.25) is 16.0 Å². The predicted octanol–water partition coefficient (Wildman–Crippen LogP) is 2.62. The van der Waals surface area contributed by atoms with Crippen LogP contribution in [0.15, 0.2) is 24.3 Å². The van der Waals surface area contributed by atoms with Gasteiger partial charge in [-0.2, -0.15) is 5.10 Å². The summed E-state index contributed by atoms with van der Waals surface area (Å²) < 4.78 is 15.1. The van der Waals surface area contributed by atoms with Crippen molar-refractivity contribution in [3.05, 3.63) is 52.1 Å². The lowest BCUT2D eigenvalue weighted by molar-refractivity contribution is 0.495. The largest absolute Gasteiger partial charge is 0.271 e. The van der Waals surface area contributed by atoms with Crippen LogP contribution < -0.4 is 11.3 Å². The van der Waals surface area contributed by atoms with E-state index in [1.807, 2.05) is 24.6 Å². The summed E-state index contributed by atoms with van der Waals surface area (Å²) in [6.45, 7) is 4.65. The molecule has 0 aliphatic rings. The summed E-state index contributed by atoms with van der Waals surface area (Å²) >= 11 is 6.31. The Labute approximate surface area is 129 Å². The molecule has 1 heterocycles. The molecule has 2 aromatic rings. The molecule has 114 valence electrons. The van der Waals surface area contributed by atoms with Gasteiger partial charge in [0.05, 0.1) is 16.4 Å². The topological polar surface area (TPSA) is 55.9 Å². The fraction of sp³-hybridized carbons (Fsp3) is 0.400. The van der Waals surface area contributed by atoms with Gasteiger partial charge >= 0.3 is 0 Å². The Morgan fingerprint density at radius 3 is 2.81 bits per heavy atom. The maximum atomic E-state index is 13.2. The van der Waals surface area contributed by atoms with Crippen molar-refractivity contribution in [1.82, 2.24) is 15.2 Å². The quantitative estimate of drug-likeness (QED) is 0.637. The molecule has 4 nitrogen and oxygen atoms in total. The number of aromatic nitrogens is 2. The van der Waals surface area contributed by atoms with Crippen molar-refractivity contribution < 1.29 is 4.39 Å². The van der Waals surface area contributed by atoms with Gasteiger partial charge in [0, 0.05) is 19.0 Å². The molecule has 0 aliphatic carbocycles. The first-order chi connectivity index (χ1) is 10.0. The minimum atomic E-state index is -0.240. The Bertz CT molecular complexity index is 612. The van der Waals surface area contributed by atoms with E-state index in [0.29, 0.717) is 17.9 Å². The molecule has 0 fully saturated rings. The van der Waals surface area contributed by atoms with E-state index in [4.69, 9.17) is 17.4 Å². The molecule has 1 aromatic heterocycles. The van der Waals surface area contributed by atoms with Crippen molar-refractivity contribution >= 4 is 11.6 Å². The molecular weight excluding hydrogens is 291 g/mol. The molecule has 0 radical (unpaired) electrons. The molecule has 0 bridgehead atoms. The highest BCUT2D eigenvalue weighted by Gasteiger charge is 2.17. The van der Waals surface area contributed by atoms with Gasteiger partial charge in [0.25, 0.3) is 0 Å². The van der Waals surface area contributed by atoms with Gasteiger partial charge in [0.2, 0.25) is 0 Å². The fourth-order valence-electron chi connectivity index (χ4n) is 2.44. The van der Waals surface area contributed by atoms with Gasteiger partial charge < -0.3 is 0 Å². The van der Waals surface area contributed by atoms with E-state index in [-0.39, 0.29) is 11.9 Å². The minimum Gasteiger partial charge on any atom is -0.271 e. The number of rotatable bonds is 6. The lowest BCUT2D eigenvalue weighted by atomic mass is 10.0. The highest BCUT2D eigenvalue weighted by Crippen LogP contribution is 2.22. The number of nitrogens with zero attached hydrogens (tertiary/aromatic N) is 2. The van der Waals surface area contributed by atoms with Crippen molar-refractivity contribution in [3.8, 4) is 0 Å². The molecule has 0 saturated heterocycles. The van der Waals surface area contributed by atoms with Crippen LogP contribution in [0, 0.1) is 12.7 Å². The molecule has 21 heavy (non-hydrogen) atoms. The number of hydrogen-bond acceptors (Lipinski definition) is 3. The molecule has 3 N–H and O–H groups in total. The summed E-state index contributed by atoms with van der Waals surface area (Å²) in [5.41, 5.74) is 5.45. The first kappa shape index (κ1) is 15.9. The molecule has 1 aromatic carbocycles. The third kappa shape index (κ3) is 3.81. The zero-order valence-corrected chi connectivity index (χ0v) is 13.0. The number of benzene rings is 1. The van der Waals surface area contributed by atoms with Crippen molar-refractivity contribution in [2.75, 3.05) is 0 Å². The van der Waals surface area contributed by atoms with Gasteiger partial charge in [0.15, 0.2) is 0 Å². The van der Waals surface area contributed by atoms with E-state index in [1.165, 1.54) is 12.1 Å². The van der Waals surface area contributed by atoms with Crippen LogP contribution in [-0.4, -0.2) is 15.8 Å². The number of nitrogens with one attached hydrogen (secondary N) is 1. The zero-order valence-electron chi connectivity index (χ0n) is 12.2. The maximum Gasteiger partial charge on any atom is 0.123 e. The highest BCUT2D eigenvalue weighted by atomic mass is 35.5. The molecule has 2 rings (SSSR count). The Hall–Kier alpha value is -1.43. The van der Waals surface area contributed by atoms with E-state index >= 15 is 0 Å². The standard InChI is InChI=1S/C15H20ClFN4/c1-3-21-14(15(16)10(2)20-21)9-13(19-18)8-11-5-4-6-12(17)7-11/h4-7,13,19H,3,8-9,18H2,1-2H3. The Balaban J connectivity index is 2.16. The van der Waals surface area contributed by atoms with Crippen molar-refractivity contribution in [1.29, 1.82) is 0 Å². The minimum absolute atomic E-state index is 0.0364. The van der Waals surface area contributed by atoms with Crippen LogP contribution in [0.4, 0.5) is 4.39 Å². The van der Waals surface area contributed by atoms with E-state index in [0.717, 1.165) is 23.5 Å². The van der Waals surface area contributed by atoms with Gasteiger partial charge in [-0.15, -0.1) is 0 Å². The van der Waals surface area contributed by atoms with E-state index < -0.39 is 0 Å². The molecule has 0 aliphatic heterocycles. The van der Waals surface area contributed by atoms with Crippen molar-refractivity contribution in [2.45, 2.75) is 39.3 Å². The summed E-state index contributed by atoms with van der Waals surface area (Å²) in [5, 5.41) is 5.07. The average molecular weight is 311 g/mol. The summed E-state index contributed by atoms with van der Waals surface area (Å²) in [6.07, 6.45) is 1.26. The molecule has 1 atom stereocenters. The Kier molecular flexibility index (Phi) is 5.33. The number of hydrogen-bond donors (Lipinski definition) is 2. The third-order valence-corrected chi connectivity index (χ3v) is 3.99. The summed E-state index contributed by atoms with van der Waals surface area (Å²) in [4.78, 5) is 0. The Morgan fingerprint density at radius 1 is 1.43 bits per heavy atom. The lowest BCUT2D eigenvalue weighted by Crippen LogP contribution is -2.39. The van der Waals surface area contributed by atoms with Crippen LogP contribution in [-0.2, 0) is 19.4 Å². The summed E-state index contributed by atoms with van der Waals surface area (Å²) in [6, 6.07) is 6.50. The highest BCUT2D eigenvalue weighted by molar-refractivity contribution is 6.31. The fourth-order valence-corrected chi connectivity index (χ4v) is 2.65. The number of aryl methyl sites for hydroxylation is 2. The number of hydrazine groups is 1. The molecule has 0 saturated carbocycles. The van der Waals surface area contributed by atoms with Gasteiger partial charge in [-0.1, -0.05) is 23.7 Å². The van der Waals surface area contributed by atoms with Crippen LogP contribution in [0.25, 0.3) is 0 Å². The summed E-state index contributed by atoms with van der Waals surface area (Å²) in [7, 11) is 0. The van der Waals surface area contributed by atoms with Gasteiger partial charge in [-0.05, 0) is 38.0 Å². The third-order valence-electron chi connectivity index (χ3n) is 3.50. The number of nitrogens with two attached hydrogens (primary N) is 1. The lowest BCUT2D eigenvalue weighted by Gasteiger charge is -2.17. The van der Waals surface area contributed by atoms with Crippen LogP contribution in [0.3, 0.4) is 0 Å². The van der Waals surface area contributed by atoms with E-state index in [9.17, 15) is 4.39 Å². The zero-order chi connectivity index (χ0) is 15.4. The molecule has 6 heteroatoms. The summed E-state index contributed by atoms with van der Waals surface area (Å²) in [5.74, 6) is 5.40. The van der Waals surface area contributed by atoms with Crippen molar-refractivity contribution in [3.63, 3.8) is 0 Å². The van der Waals surface area contributed by atoms with E-state index in [1.54, 1.807) is 6.07 Å². The Morgan fingerprint density at radius 2 is 2.19 bits per heavy atom. The van der Waals surface area contributed by atoms with Crippen LogP contribution >= 0.6 is 11.6 Å². The second-order valence-corrected chi connectivity index (χ2v) is 5.44.